The Bertz CT molecular complexity index is 236. The van der Waals surface area contributed by atoms with E-state index < -0.39 is 0 Å². The maximum Gasteiger partial charge on any atom is 0.0181 e. The fraction of sp³-hybridized carbons (Fsp3) is 0.500. The Morgan fingerprint density at radius 2 is 0.875 bits per heavy atom. The number of rotatable bonds is 4. The molecule has 0 saturated heterocycles. The Kier molecular flexibility index (Phi) is 4.35. The highest BCUT2D eigenvalue weighted by Gasteiger charge is 2.42. The average molecular weight is 216 g/mol. The molecule has 0 atom stereocenters. The van der Waals surface area contributed by atoms with Gasteiger partial charge in [0.1, 0.15) is 0 Å². The van der Waals surface area contributed by atoms with Crippen LogP contribution in [0.1, 0.15) is 38.5 Å². The maximum atomic E-state index is 4.02. The van der Waals surface area contributed by atoms with Gasteiger partial charge < -0.3 is 0 Å². The molecule has 0 nitrogen and oxygen atoms in total. The predicted molar refractivity (Wildman–Crippen MR) is 73.4 cm³/mol. The quantitative estimate of drug-likeness (QED) is 0.576. The van der Waals surface area contributed by atoms with Crippen molar-refractivity contribution in [1.82, 2.24) is 0 Å². The van der Waals surface area contributed by atoms with Crippen molar-refractivity contribution < 1.29 is 0 Å². The topological polar surface area (TPSA) is 0 Å². The molecule has 0 radical (unpaired) electrons. The van der Waals surface area contributed by atoms with Gasteiger partial charge >= 0.3 is 0 Å². The summed E-state index contributed by atoms with van der Waals surface area (Å²) in [7, 11) is 0. The van der Waals surface area contributed by atoms with Crippen molar-refractivity contribution >= 4 is 0 Å². The molecule has 0 unspecified atom stereocenters. The molecule has 1 fully saturated rings. The van der Waals surface area contributed by atoms with Crippen LogP contribution in [0.25, 0.3) is 0 Å². The maximum absolute atomic E-state index is 4.02. The van der Waals surface area contributed by atoms with E-state index in [2.05, 4.69) is 50.6 Å². The van der Waals surface area contributed by atoms with Crippen LogP contribution in [0, 0.1) is 10.8 Å². The van der Waals surface area contributed by atoms with Crippen molar-refractivity contribution in [3.63, 3.8) is 0 Å². The summed E-state index contributed by atoms with van der Waals surface area (Å²) in [4.78, 5) is 0. The van der Waals surface area contributed by atoms with Gasteiger partial charge in [0.15, 0.2) is 0 Å². The number of hydrogen-bond donors (Lipinski definition) is 0. The van der Waals surface area contributed by atoms with Gasteiger partial charge in [-0.25, -0.2) is 0 Å². The standard InChI is InChI=1S/C16H24/c1-5-15(6-2)13-11-9-10-12-14-16(15,7-3)8-4/h5-8H,1-4,9-14H2. The highest BCUT2D eigenvalue weighted by atomic mass is 14.5. The van der Waals surface area contributed by atoms with Crippen molar-refractivity contribution in [2.24, 2.45) is 10.8 Å². The summed E-state index contributed by atoms with van der Waals surface area (Å²) >= 11 is 0. The minimum absolute atomic E-state index is 0.0586. The van der Waals surface area contributed by atoms with Crippen LogP contribution in [0.15, 0.2) is 50.6 Å². The second kappa shape index (κ2) is 5.34. The van der Waals surface area contributed by atoms with Gasteiger partial charge in [0.05, 0.1) is 0 Å². The molecular formula is C16H24. The molecule has 0 heteroatoms. The summed E-state index contributed by atoms with van der Waals surface area (Å²) in [6.07, 6.45) is 15.5. The monoisotopic (exact) mass is 216 g/mol. The Labute approximate surface area is 100 Å². The molecule has 1 saturated carbocycles. The molecule has 0 heterocycles. The molecule has 0 aromatic heterocycles. The van der Waals surface area contributed by atoms with E-state index in [4.69, 9.17) is 0 Å². The third kappa shape index (κ3) is 1.93. The van der Waals surface area contributed by atoms with Crippen LogP contribution in [-0.4, -0.2) is 0 Å². The molecular weight excluding hydrogens is 192 g/mol. The highest BCUT2D eigenvalue weighted by Crippen LogP contribution is 2.51. The van der Waals surface area contributed by atoms with E-state index in [1.807, 2.05) is 0 Å². The largest absolute Gasteiger partial charge is 0.102 e. The molecule has 0 aromatic carbocycles. The third-order valence-corrected chi connectivity index (χ3v) is 4.25. The lowest BCUT2D eigenvalue weighted by Crippen LogP contribution is -2.37. The van der Waals surface area contributed by atoms with Crippen LogP contribution in [0.2, 0.25) is 0 Å². The first-order valence-corrected chi connectivity index (χ1v) is 6.24. The van der Waals surface area contributed by atoms with E-state index in [-0.39, 0.29) is 10.8 Å². The number of hydrogen-bond acceptors (Lipinski definition) is 0. The van der Waals surface area contributed by atoms with Gasteiger partial charge in [0.25, 0.3) is 0 Å². The molecule has 16 heavy (non-hydrogen) atoms. The third-order valence-electron chi connectivity index (χ3n) is 4.25. The van der Waals surface area contributed by atoms with E-state index in [0.717, 1.165) is 12.8 Å². The summed E-state index contributed by atoms with van der Waals surface area (Å²) in [6, 6.07) is 0. The minimum Gasteiger partial charge on any atom is -0.102 e. The molecule has 88 valence electrons. The SMILES string of the molecule is C=CC1(C=C)CCCCCCC1(C=C)C=C. The van der Waals surface area contributed by atoms with Crippen LogP contribution in [0.3, 0.4) is 0 Å². The highest BCUT2D eigenvalue weighted by molar-refractivity contribution is 5.26. The summed E-state index contributed by atoms with van der Waals surface area (Å²) in [6.45, 7) is 16.1. The second-order valence-electron chi connectivity index (χ2n) is 4.81. The molecule has 0 amide bonds. The fourth-order valence-electron chi connectivity index (χ4n) is 2.99. The Balaban J connectivity index is 3.20. The first-order chi connectivity index (χ1) is 7.70. The van der Waals surface area contributed by atoms with E-state index >= 15 is 0 Å². The first kappa shape index (κ1) is 13.0. The Morgan fingerprint density at radius 3 is 1.12 bits per heavy atom. The summed E-state index contributed by atoms with van der Waals surface area (Å²) < 4.78 is 0. The van der Waals surface area contributed by atoms with Crippen molar-refractivity contribution in [1.29, 1.82) is 0 Å². The van der Waals surface area contributed by atoms with E-state index in [1.54, 1.807) is 0 Å². The van der Waals surface area contributed by atoms with Crippen molar-refractivity contribution in [3.05, 3.63) is 50.6 Å². The molecule has 1 aliphatic carbocycles. The molecule has 1 rings (SSSR count). The molecule has 0 aliphatic heterocycles. The van der Waals surface area contributed by atoms with Crippen molar-refractivity contribution in [3.8, 4) is 0 Å². The van der Waals surface area contributed by atoms with Gasteiger partial charge in [0.2, 0.25) is 0 Å². The molecule has 0 spiro atoms. The van der Waals surface area contributed by atoms with Gasteiger partial charge in [-0.2, -0.15) is 0 Å². The van der Waals surface area contributed by atoms with Gasteiger partial charge in [-0.05, 0) is 12.8 Å². The zero-order chi connectivity index (χ0) is 12.1. The van der Waals surface area contributed by atoms with Crippen LogP contribution in [0.4, 0.5) is 0 Å². The van der Waals surface area contributed by atoms with Gasteiger partial charge in [-0.15, -0.1) is 26.3 Å². The van der Waals surface area contributed by atoms with E-state index in [1.165, 1.54) is 25.7 Å². The lowest BCUT2D eigenvalue weighted by Gasteiger charge is -2.45. The van der Waals surface area contributed by atoms with E-state index in [9.17, 15) is 0 Å². The number of allylic oxidation sites excluding steroid dienone is 4. The summed E-state index contributed by atoms with van der Waals surface area (Å²) in [5.74, 6) is 0. The molecule has 0 bridgehead atoms. The van der Waals surface area contributed by atoms with Crippen molar-refractivity contribution in [2.45, 2.75) is 38.5 Å². The van der Waals surface area contributed by atoms with Crippen LogP contribution < -0.4 is 0 Å². The lowest BCUT2D eigenvalue weighted by molar-refractivity contribution is 0.199. The normalized spacial score (nSPS) is 23.5. The van der Waals surface area contributed by atoms with Crippen molar-refractivity contribution in [2.75, 3.05) is 0 Å². The van der Waals surface area contributed by atoms with Gasteiger partial charge in [-0.1, -0.05) is 50.0 Å². The molecule has 1 aliphatic rings. The summed E-state index contributed by atoms with van der Waals surface area (Å²) in [5.41, 5.74) is -0.117. The smallest absolute Gasteiger partial charge is 0.0181 e. The van der Waals surface area contributed by atoms with Gasteiger partial charge in [0, 0.05) is 10.8 Å². The predicted octanol–water partition coefficient (Wildman–Crippen LogP) is 5.06. The molecule has 0 N–H and O–H groups in total. The fourth-order valence-corrected chi connectivity index (χ4v) is 2.99. The van der Waals surface area contributed by atoms with Crippen LogP contribution >= 0.6 is 0 Å². The zero-order valence-electron chi connectivity index (χ0n) is 10.4. The van der Waals surface area contributed by atoms with Crippen LogP contribution in [-0.2, 0) is 0 Å². The Morgan fingerprint density at radius 1 is 0.562 bits per heavy atom. The zero-order valence-corrected chi connectivity index (χ0v) is 10.4. The second-order valence-corrected chi connectivity index (χ2v) is 4.81. The summed E-state index contributed by atoms with van der Waals surface area (Å²) in [5, 5.41) is 0. The van der Waals surface area contributed by atoms with E-state index in [0.29, 0.717) is 0 Å². The van der Waals surface area contributed by atoms with Crippen LogP contribution in [0.5, 0.6) is 0 Å². The minimum atomic E-state index is -0.0586. The Hall–Kier alpha value is -1.04. The average Bonchev–Trinajstić information content (AvgIpc) is 2.31. The lowest BCUT2D eigenvalue weighted by atomic mass is 9.58. The molecule has 0 aromatic rings. The first-order valence-electron chi connectivity index (χ1n) is 6.24. The van der Waals surface area contributed by atoms with Gasteiger partial charge in [-0.3, -0.25) is 0 Å².